The minimum absolute atomic E-state index is 0.0903. The fraction of sp³-hybridized carbons (Fsp3) is 0.533. The van der Waals surface area contributed by atoms with Crippen LogP contribution in [-0.4, -0.2) is 29.1 Å². The number of carbonyl (C=O) groups is 1. The molecule has 0 saturated carbocycles. The summed E-state index contributed by atoms with van der Waals surface area (Å²) in [6.45, 7) is 9.44. The third kappa shape index (κ3) is 4.73. The Labute approximate surface area is 124 Å². The van der Waals surface area contributed by atoms with Crippen molar-refractivity contribution in [3.8, 4) is 0 Å². The molecule has 0 aromatic heterocycles. The lowest BCUT2D eigenvalue weighted by molar-refractivity contribution is -0.384. The summed E-state index contributed by atoms with van der Waals surface area (Å²) in [5.41, 5.74) is 0.425. The molecule has 0 bridgehead atoms. The molecule has 21 heavy (non-hydrogen) atoms. The predicted molar refractivity (Wildman–Crippen MR) is 81.9 cm³/mol. The summed E-state index contributed by atoms with van der Waals surface area (Å²) in [7, 11) is 0. The van der Waals surface area contributed by atoms with E-state index in [0.717, 1.165) is 0 Å². The van der Waals surface area contributed by atoms with Crippen LogP contribution in [0.15, 0.2) is 18.2 Å². The van der Waals surface area contributed by atoms with Gasteiger partial charge in [-0.05, 0) is 17.9 Å². The number of carboxylic acid groups (broad SMARTS) is 1. The number of nitro benzene ring substituents is 1. The Balaban J connectivity index is 3.33. The van der Waals surface area contributed by atoms with Gasteiger partial charge in [0.1, 0.15) is 0 Å². The maximum Gasteiger partial charge on any atom is 0.337 e. The van der Waals surface area contributed by atoms with E-state index in [0.29, 0.717) is 30.6 Å². The first kappa shape index (κ1) is 16.9. The fourth-order valence-corrected chi connectivity index (χ4v) is 2.23. The average Bonchev–Trinajstić information content (AvgIpc) is 2.35. The molecule has 1 aromatic rings. The number of benzene rings is 1. The van der Waals surface area contributed by atoms with E-state index in [9.17, 15) is 20.0 Å². The predicted octanol–water partition coefficient (Wildman–Crippen LogP) is 3.41. The first-order valence-corrected chi connectivity index (χ1v) is 6.99. The van der Waals surface area contributed by atoms with Crippen LogP contribution in [0.1, 0.15) is 38.1 Å². The average molecular weight is 294 g/mol. The van der Waals surface area contributed by atoms with Gasteiger partial charge in [0.15, 0.2) is 0 Å². The smallest absolute Gasteiger partial charge is 0.337 e. The number of hydrogen-bond donors (Lipinski definition) is 1. The van der Waals surface area contributed by atoms with Gasteiger partial charge in [-0.15, -0.1) is 0 Å². The monoisotopic (exact) mass is 294 g/mol. The van der Waals surface area contributed by atoms with Crippen LogP contribution in [0.2, 0.25) is 0 Å². The molecule has 6 heteroatoms. The Morgan fingerprint density at radius 1 is 1.24 bits per heavy atom. The molecule has 1 N–H and O–H groups in total. The zero-order valence-corrected chi connectivity index (χ0v) is 12.9. The highest BCUT2D eigenvalue weighted by atomic mass is 16.6. The van der Waals surface area contributed by atoms with E-state index >= 15 is 0 Å². The van der Waals surface area contributed by atoms with Crippen molar-refractivity contribution in [3.63, 3.8) is 0 Å². The van der Waals surface area contributed by atoms with Crippen molar-refractivity contribution in [1.29, 1.82) is 0 Å². The van der Waals surface area contributed by atoms with Crippen LogP contribution >= 0.6 is 0 Å². The van der Waals surface area contributed by atoms with Crippen molar-refractivity contribution in [3.05, 3.63) is 33.9 Å². The van der Waals surface area contributed by atoms with Crippen LogP contribution in [0.25, 0.3) is 0 Å². The third-order valence-electron chi connectivity index (χ3n) is 2.93. The van der Waals surface area contributed by atoms with Gasteiger partial charge in [-0.1, -0.05) is 27.7 Å². The normalized spacial score (nSPS) is 11.0. The van der Waals surface area contributed by atoms with Gasteiger partial charge in [0.25, 0.3) is 5.69 Å². The van der Waals surface area contributed by atoms with Gasteiger partial charge in [0.05, 0.1) is 16.2 Å². The van der Waals surface area contributed by atoms with Crippen molar-refractivity contribution >= 4 is 17.3 Å². The molecular weight excluding hydrogens is 272 g/mol. The second-order valence-corrected chi connectivity index (χ2v) is 5.96. The molecule has 0 aliphatic rings. The van der Waals surface area contributed by atoms with E-state index < -0.39 is 10.9 Å². The van der Waals surface area contributed by atoms with Crippen LogP contribution < -0.4 is 4.90 Å². The quantitative estimate of drug-likeness (QED) is 0.615. The van der Waals surface area contributed by atoms with Crippen molar-refractivity contribution in [2.45, 2.75) is 27.7 Å². The molecule has 0 saturated heterocycles. The highest BCUT2D eigenvalue weighted by Crippen LogP contribution is 2.27. The van der Waals surface area contributed by atoms with Gasteiger partial charge in [0, 0.05) is 25.2 Å². The van der Waals surface area contributed by atoms with Crippen LogP contribution in [0.5, 0.6) is 0 Å². The van der Waals surface area contributed by atoms with Crippen LogP contribution in [0.3, 0.4) is 0 Å². The molecule has 0 atom stereocenters. The Kier molecular flexibility index (Phi) is 5.69. The van der Waals surface area contributed by atoms with Crippen LogP contribution in [0, 0.1) is 22.0 Å². The second kappa shape index (κ2) is 7.06. The topological polar surface area (TPSA) is 83.7 Å². The van der Waals surface area contributed by atoms with E-state index in [-0.39, 0.29) is 11.3 Å². The summed E-state index contributed by atoms with van der Waals surface area (Å²) < 4.78 is 0. The van der Waals surface area contributed by atoms with Crippen molar-refractivity contribution in [1.82, 2.24) is 0 Å². The number of nitro groups is 1. The van der Waals surface area contributed by atoms with E-state index in [1.54, 1.807) is 0 Å². The minimum atomic E-state index is -1.07. The fourth-order valence-electron chi connectivity index (χ4n) is 2.23. The molecule has 1 rings (SSSR count). The zero-order chi connectivity index (χ0) is 16.2. The van der Waals surface area contributed by atoms with Gasteiger partial charge in [0.2, 0.25) is 0 Å². The molecule has 6 nitrogen and oxygen atoms in total. The molecule has 0 aliphatic carbocycles. The number of anilines is 1. The van der Waals surface area contributed by atoms with Gasteiger partial charge >= 0.3 is 5.97 Å². The van der Waals surface area contributed by atoms with E-state index in [4.69, 9.17) is 0 Å². The summed E-state index contributed by atoms with van der Waals surface area (Å²) in [6, 6.07) is 3.90. The standard InChI is InChI=1S/C15H22N2O4/c1-10(2)8-16(9-11(3)4)14-7-12(17(20)21)5-6-13(14)15(18)19/h5-7,10-11H,8-9H2,1-4H3,(H,18,19). The van der Waals surface area contributed by atoms with E-state index in [1.807, 2.05) is 32.6 Å². The molecule has 0 heterocycles. The summed E-state index contributed by atoms with van der Waals surface area (Å²) >= 11 is 0. The maximum atomic E-state index is 11.4. The van der Waals surface area contributed by atoms with E-state index in [2.05, 4.69) is 0 Å². The molecule has 0 radical (unpaired) electrons. The molecule has 0 fully saturated rings. The number of non-ortho nitro benzene ring substituents is 1. The number of carboxylic acids is 1. The largest absolute Gasteiger partial charge is 0.478 e. The van der Waals surface area contributed by atoms with Crippen LogP contribution in [0.4, 0.5) is 11.4 Å². The number of hydrogen-bond acceptors (Lipinski definition) is 4. The number of rotatable bonds is 7. The van der Waals surface area contributed by atoms with Crippen molar-refractivity contribution in [2.24, 2.45) is 11.8 Å². The Morgan fingerprint density at radius 3 is 2.14 bits per heavy atom. The molecule has 0 unspecified atom stereocenters. The lowest BCUT2D eigenvalue weighted by Crippen LogP contribution is -2.32. The van der Waals surface area contributed by atoms with Crippen molar-refractivity contribution < 1.29 is 14.8 Å². The highest BCUT2D eigenvalue weighted by Gasteiger charge is 2.21. The van der Waals surface area contributed by atoms with Crippen molar-refractivity contribution in [2.75, 3.05) is 18.0 Å². The number of nitrogens with zero attached hydrogens (tertiary/aromatic N) is 2. The van der Waals surface area contributed by atoms with Gasteiger partial charge in [-0.3, -0.25) is 10.1 Å². The first-order valence-electron chi connectivity index (χ1n) is 6.99. The second-order valence-electron chi connectivity index (χ2n) is 5.96. The Morgan fingerprint density at radius 2 is 1.76 bits per heavy atom. The van der Waals surface area contributed by atoms with Gasteiger partial charge in [-0.2, -0.15) is 0 Å². The Hall–Kier alpha value is -2.11. The molecule has 1 aromatic carbocycles. The molecular formula is C15H22N2O4. The lowest BCUT2D eigenvalue weighted by atomic mass is 10.1. The first-order chi connectivity index (χ1) is 9.72. The number of aromatic carboxylic acids is 1. The molecule has 0 aliphatic heterocycles. The summed E-state index contributed by atoms with van der Waals surface area (Å²) in [4.78, 5) is 23.7. The van der Waals surface area contributed by atoms with Gasteiger partial charge in [-0.25, -0.2) is 4.79 Å². The lowest BCUT2D eigenvalue weighted by Gasteiger charge is -2.29. The Bertz CT molecular complexity index is 516. The molecule has 0 amide bonds. The third-order valence-corrected chi connectivity index (χ3v) is 2.93. The maximum absolute atomic E-state index is 11.4. The SMILES string of the molecule is CC(C)CN(CC(C)C)c1cc([N+](=O)[O-])ccc1C(=O)O. The van der Waals surface area contributed by atoms with Crippen LogP contribution in [-0.2, 0) is 0 Å². The molecule has 0 spiro atoms. The zero-order valence-electron chi connectivity index (χ0n) is 12.9. The van der Waals surface area contributed by atoms with E-state index in [1.165, 1.54) is 18.2 Å². The summed E-state index contributed by atoms with van der Waals surface area (Å²) in [5.74, 6) is -0.424. The minimum Gasteiger partial charge on any atom is -0.478 e. The van der Waals surface area contributed by atoms with Gasteiger partial charge < -0.3 is 10.0 Å². The molecule has 116 valence electrons. The summed E-state index contributed by atoms with van der Waals surface area (Å²) in [6.07, 6.45) is 0. The highest BCUT2D eigenvalue weighted by molar-refractivity contribution is 5.95. The summed E-state index contributed by atoms with van der Waals surface area (Å²) in [5, 5.41) is 20.3.